The van der Waals surface area contributed by atoms with E-state index in [0.717, 1.165) is 21.1 Å². The molecule has 0 bridgehead atoms. The van der Waals surface area contributed by atoms with Gasteiger partial charge in [0.2, 0.25) is 5.91 Å². The molecule has 4 rings (SSSR count). The zero-order chi connectivity index (χ0) is 20.9. The van der Waals surface area contributed by atoms with Crippen molar-refractivity contribution in [2.75, 3.05) is 6.54 Å². The van der Waals surface area contributed by atoms with Gasteiger partial charge in [-0.15, -0.1) is 11.3 Å². The maximum atomic E-state index is 13.6. The van der Waals surface area contributed by atoms with Gasteiger partial charge in [-0.3, -0.25) is 14.2 Å². The first-order valence-corrected chi connectivity index (χ1v) is 10.5. The van der Waals surface area contributed by atoms with Gasteiger partial charge in [-0.05, 0) is 36.6 Å². The van der Waals surface area contributed by atoms with Crippen LogP contribution in [0, 0.1) is 5.82 Å². The summed E-state index contributed by atoms with van der Waals surface area (Å²) >= 11 is 7.29. The maximum absolute atomic E-state index is 13.6. The molecule has 0 radical (unpaired) electrons. The molecule has 3 aromatic rings. The largest absolute Gasteiger partial charge is 0.337 e. The molecule has 1 aromatic carbocycles. The molecule has 0 saturated heterocycles. The van der Waals surface area contributed by atoms with Crippen molar-refractivity contribution in [2.24, 2.45) is 0 Å². The summed E-state index contributed by atoms with van der Waals surface area (Å²) in [5, 5.41) is 0.349. The highest BCUT2D eigenvalue weighted by Crippen LogP contribution is 2.33. The third kappa shape index (κ3) is 3.20. The second-order valence-electron chi connectivity index (χ2n) is 7.05. The van der Waals surface area contributed by atoms with E-state index in [1.54, 1.807) is 9.47 Å². The van der Waals surface area contributed by atoms with Crippen LogP contribution in [0.1, 0.15) is 30.7 Å². The number of carbonyl (C=O) groups is 1. The van der Waals surface area contributed by atoms with Gasteiger partial charge in [-0.25, -0.2) is 13.8 Å². The van der Waals surface area contributed by atoms with Crippen molar-refractivity contribution in [3.8, 4) is 5.69 Å². The molecule has 0 atom stereocenters. The van der Waals surface area contributed by atoms with Crippen molar-refractivity contribution in [2.45, 2.75) is 39.8 Å². The Labute approximate surface area is 174 Å². The van der Waals surface area contributed by atoms with Crippen LogP contribution < -0.4 is 11.2 Å². The van der Waals surface area contributed by atoms with E-state index in [2.05, 4.69) is 0 Å². The number of aryl methyl sites for hydroxylation is 1. The number of halogens is 2. The minimum Gasteiger partial charge on any atom is -0.337 e. The van der Waals surface area contributed by atoms with E-state index in [9.17, 15) is 18.8 Å². The van der Waals surface area contributed by atoms with E-state index in [0.29, 0.717) is 42.7 Å². The Hall–Kier alpha value is -2.45. The second kappa shape index (κ2) is 7.42. The third-order valence-corrected chi connectivity index (χ3v) is 6.71. The molecule has 0 N–H and O–H groups in total. The van der Waals surface area contributed by atoms with E-state index >= 15 is 0 Å². The molecule has 1 amide bonds. The van der Waals surface area contributed by atoms with E-state index in [1.807, 2.05) is 6.92 Å². The summed E-state index contributed by atoms with van der Waals surface area (Å²) in [6, 6.07) is 3.81. The molecule has 1 aliphatic heterocycles. The zero-order valence-corrected chi connectivity index (χ0v) is 17.6. The van der Waals surface area contributed by atoms with Crippen molar-refractivity contribution in [1.29, 1.82) is 0 Å². The van der Waals surface area contributed by atoms with Crippen LogP contribution in [0.5, 0.6) is 0 Å². The number of rotatable bonds is 3. The lowest BCUT2D eigenvalue weighted by Gasteiger charge is -2.25. The van der Waals surface area contributed by atoms with Crippen molar-refractivity contribution in [1.82, 2.24) is 14.0 Å². The van der Waals surface area contributed by atoms with Crippen molar-refractivity contribution >= 4 is 39.1 Å². The minimum atomic E-state index is -0.615. The summed E-state index contributed by atoms with van der Waals surface area (Å²) in [7, 11) is 0. The van der Waals surface area contributed by atoms with Gasteiger partial charge >= 0.3 is 5.69 Å². The molecule has 0 fully saturated rings. The first-order chi connectivity index (χ1) is 13.8. The highest BCUT2D eigenvalue weighted by atomic mass is 35.5. The summed E-state index contributed by atoms with van der Waals surface area (Å²) in [5.41, 5.74) is 0.210. The van der Waals surface area contributed by atoms with Gasteiger partial charge in [0.15, 0.2) is 0 Å². The van der Waals surface area contributed by atoms with Crippen LogP contribution in [0.15, 0.2) is 27.8 Å². The van der Waals surface area contributed by atoms with Gasteiger partial charge in [0, 0.05) is 24.9 Å². The monoisotopic (exact) mass is 435 g/mol. The van der Waals surface area contributed by atoms with Crippen LogP contribution in [0.25, 0.3) is 15.9 Å². The number of carbonyl (C=O) groups excluding carboxylic acids is 1. The number of hydrogen-bond donors (Lipinski definition) is 0. The lowest BCUT2D eigenvalue weighted by Crippen LogP contribution is -2.39. The molecule has 0 aliphatic carbocycles. The molecule has 9 heteroatoms. The molecule has 3 heterocycles. The van der Waals surface area contributed by atoms with E-state index in [4.69, 9.17) is 11.6 Å². The van der Waals surface area contributed by atoms with Gasteiger partial charge in [-0.2, -0.15) is 0 Å². The highest BCUT2D eigenvalue weighted by Gasteiger charge is 2.27. The molecule has 0 saturated carbocycles. The lowest BCUT2D eigenvalue weighted by atomic mass is 10.1. The Bertz CT molecular complexity index is 1260. The average Bonchev–Trinajstić information content (AvgIpc) is 3.06. The fourth-order valence-corrected chi connectivity index (χ4v) is 5.30. The topological polar surface area (TPSA) is 64.3 Å². The molecule has 0 unspecified atom stereocenters. The van der Waals surface area contributed by atoms with E-state index < -0.39 is 17.1 Å². The summed E-state index contributed by atoms with van der Waals surface area (Å²) in [4.78, 5) is 41.7. The zero-order valence-electron chi connectivity index (χ0n) is 16.0. The molecule has 6 nitrogen and oxygen atoms in total. The van der Waals surface area contributed by atoms with Gasteiger partial charge in [0.1, 0.15) is 10.6 Å². The van der Waals surface area contributed by atoms with Crippen molar-refractivity contribution < 1.29 is 9.18 Å². The standard InChI is InChI=1S/C20H19ClFN3O3S/c1-3-7-24-19-17(13-6-8-23(11(2)26)10-16(13)29-19)18(27)25(20(24)28)12-4-5-15(22)14(21)9-12/h4-5,9H,3,6-8,10H2,1-2H3. The predicted octanol–water partition coefficient (Wildman–Crippen LogP) is 3.32. The van der Waals surface area contributed by atoms with Crippen molar-refractivity contribution in [3.63, 3.8) is 0 Å². The van der Waals surface area contributed by atoms with Gasteiger partial charge in [0.25, 0.3) is 5.56 Å². The van der Waals surface area contributed by atoms with Gasteiger partial charge < -0.3 is 4.90 Å². The molecule has 152 valence electrons. The number of fused-ring (bicyclic) bond motifs is 3. The summed E-state index contributed by atoms with van der Waals surface area (Å²) in [6.45, 7) is 4.89. The van der Waals surface area contributed by atoms with Crippen LogP contribution >= 0.6 is 22.9 Å². The predicted molar refractivity (Wildman–Crippen MR) is 112 cm³/mol. The number of benzene rings is 1. The molecular weight excluding hydrogens is 417 g/mol. The Morgan fingerprint density at radius 2 is 2.07 bits per heavy atom. The van der Waals surface area contributed by atoms with E-state index in [-0.39, 0.29) is 16.6 Å². The number of thiophene rings is 1. The third-order valence-electron chi connectivity index (χ3n) is 5.18. The molecule has 1 aliphatic rings. The summed E-state index contributed by atoms with van der Waals surface area (Å²) in [5.74, 6) is -0.631. The van der Waals surface area contributed by atoms with Gasteiger partial charge in [-0.1, -0.05) is 18.5 Å². The highest BCUT2D eigenvalue weighted by molar-refractivity contribution is 7.18. The Morgan fingerprint density at radius 1 is 1.31 bits per heavy atom. The van der Waals surface area contributed by atoms with Crippen LogP contribution in [0.4, 0.5) is 4.39 Å². The SMILES string of the molecule is CCCn1c(=O)n(-c2ccc(F)c(Cl)c2)c(=O)c2c3c(sc21)CN(C(C)=O)CC3. The van der Waals surface area contributed by atoms with E-state index in [1.165, 1.54) is 30.4 Å². The van der Waals surface area contributed by atoms with Crippen LogP contribution in [-0.2, 0) is 24.3 Å². The van der Waals surface area contributed by atoms with Gasteiger partial charge in [0.05, 0.1) is 22.6 Å². The summed E-state index contributed by atoms with van der Waals surface area (Å²) in [6.07, 6.45) is 1.26. The molecule has 0 spiro atoms. The number of hydrogen-bond acceptors (Lipinski definition) is 4. The maximum Gasteiger partial charge on any atom is 0.336 e. The van der Waals surface area contributed by atoms with Crippen molar-refractivity contribution in [3.05, 3.63) is 60.3 Å². The second-order valence-corrected chi connectivity index (χ2v) is 8.54. The van der Waals surface area contributed by atoms with Crippen LogP contribution in [-0.4, -0.2) is 26.5 Å². The fraction of sp³-hybridized carbons (Fsp3) is 0.350. The normalized spacial score (nSPS) is 13.7. The van der Waals surface area contributed by atoms with Crippen LogP contribution in [0.2, 0.25) is 5.02 Å². The first kappa shape index (κ1) is 19.8. The number of amides is 1. The fourth-order valence-electron chi connectivity index (χ4n) is 3.75. The smallest absolute Gasteiger partial charge is 0.336 e. The quantitative estimate of drug-likeness (QED) is 0.634. The average molecular weight is 436 g/mol. The molecular formula is C20H19ClFN3O3S. The Morgan fingerprint density at radius 3 is 2.72 bits per heavy atom. The number of nitrogens with zero attached hydrogens (tertiary/aromatic N) is 3. The Balaban J connectivity index is 2.04. The summed E-state index contributed by atoms with van der Waals surface area (Å²) < 4.78 is 16.3. The Kier molecular flexibility index (Phi) is 5.08. The first-order valence-electron chi connectivity index (χ1n) is 9.34. The molecule has 2 aromatic heterocycles. The number of aromatic nitrogens is 2. The molecule has 29 heavy (non-hydrogen) atoms. The lowest BCUT2D eigenvalue weighted by molar-refractivity contribution is -0.129. The van der Waals surface area contributed by atoms with Crippen LogP contribution in [0.3, 0.4) is 0 Å². The minimum absolute atomic E-state index is 0.0163.